The van der Waals surface area contributed by atoms with Gasteiger partial charge in [-0.2, -0.15) is 0 Å². The van der Waals surface area contributed by atoms with E-state index in [9.17, 15) is 19.4 Å². The highest BCUT2D eigenvalue weighted by molar-refractivity contribution is 7.21. The molecule has 0 saturated carbocycles. The Balaban J connectivity index is 2.01. The SMILES string of the molecule is Cc1c(C(=O)N2C[C@@H](O)[C@@H](O)C2)sc2cccc(F)c12. The van der Waals surface area contributed by atoms with Gasteiger partial charge in [0.15, 0.2) is 0 Å². The second-order valence-corrected chi connectivity index (χ2v) is 6.07. The molecule has 2 heterocycles. The maximum atomic E-state index is 13.8. The van der Waals surface area contributed by atoms with E-state index in [-0.39, 0.29) is 24.8 Å². The quantitative estimate of drug-likeness (QED) is 0.838. The van der Waals surface area contributed by atoms with Crippen LogP contribution in [0.25, 0.3) is 10.1 Å². The summed E-state index contributed by atoms with van der Waals surface area (Å²) in [5.41, 5.74) is 0.615. The minimum atomic E-state index is -0.912. The zero-order valence-electron chi connectivity index (χ0n) is 10.8. The number of β-amino-alcohol motifs (C(OH)–C–C–N with tert-alkyl or cyclic N) is 2. The molecule has 0 radical (unpaired) electrons. The van der Waals surface area contributed by atoms with Gasteiger partial charge in [-0.15, -0.1) is 11.3 Å². The third-order valence-corrected chi connectivity index (χ3v) is 4.89. The van der Waals surface area contributed by atoms with Gasteiger partial charge in [0, 0.05) is 23.2 Å². The summed E-state index contributed by atoms with van der Waals surface area (Å²) in [6.45, 7) is 1.93. The summed E-state index contributed by atoms with van der Waals surface area (Å²) >= 11 is 1.24. The summed E-state index contributed by atoms with van der Waals surface area (Å²) in [6.07, 6.45) is -1.82. The predicted molar refractivity (Wildman–Crippen MR) is 74.4 cm³/mol. The lowest BCUT2D eigenvalue weighted by Gasteiger charge is -2.14. The first-order valence-electron chi connectivity index (χ1n) is 6.32. The maximum absolute atomic E-state index is 13.8. The van der Waals surface area contributed by atoms with Gasteiger partial charge in [-0.05, 0) is 24.6 Å². The van der Waals surface area contributed by atoms with Crippen molar-refractivity contribution in [2.24, 2.45) is 0 Å². The van der Waals surface area contributed by atoms with E-state index in [1.807, 2.05) is 0 Å². The van der Waals surface area contributed by atoms with Crippen LogP contribution in [0.1, 0.15) is 15.2 Å². The van der Waals surface area contributed by atoms with Gasteiger partial charge in [-0.3, -0.25) is 4.79 Å². The van der Waals surface area contributed by atoms with Gasteiger partial charge in [0.2, 0.25) is 0 Å². The van der Waals surface area contributed by atoms with Crippen LogP contribution in [0, 0.1) is 12.7 Å². The number of thiophene rings is 1. The van der Waals surface area contributed by atoms with Crippen LogP contribution in [-0.4, -0.2) is 46.3 Å². The van der Waals surface area contributed by atoms with Crippen molar-refractivity contribution in [2.75, 3.05) is 13.1 Å². The van der Waals surface area contributed by atoms with E-state index in [2.05, 4.69) is 0 Å². The smallest absolute Gasteiger partial charge is 0.264 e. The summed E-state index contributed by atoms with van der Waals surface area (Å²) in [4.78, 5) is 14.3. The van der Waals surface area contributed by atoms with Crippen LogP contribution in [0.2, 0.25) is 0 Å². The number of halogens is 1. The highest BCUT2D eigenvalue weighted by atomic mass is 32.1. The van der Waals surface area contributed by atoms with Crippen LogP contribution in [0.4, 0.5) is 4.39 Å². The number of aliphatic hydroxyl groups is 2. The standard InChI is InChI=1S/C14H14FNO3S/c1-7-12-8(15)3-2-4-11(12)20-13(7)14(19)16-5-9(17)10(18)6-16/h2-4,9-10,17-18H,5-6H2,1H3/t9-,10+. The summed E-state index contributed by atoms with van der Waals surface area (Å²) < 4.78 is 14.6. The van der Waals surface area contributed by atoms with Crippen molar-refractivity contribution >= 4 is 27.3 Å². The lowest BCUT2D eigenvalue weighted by Crippen LogP contribution is -2.29. The van der Waals surface area contributed by atoms with Crippen molar-refractivity contribution in [1.82, 2.24) is 4.90 Å². The molecule has 3 rings (SSSR count). The number of amides is 1. The molecule has 1 saturated heterocycles. The summed E-state index contributed by atoms with van der Waals surface area (Å²) in [6, 6.07) is 4.77. The van der Waals surface area contributed by atoms with Gasteiger partial charge in [0.05, 0.1) is 17.1 Å². The molecule has 1 aromatic heterocycles. The average molecular weight is 295 g/mol. The molecule has 106 valence electrons. The maximum Gasteiger partial charge on any atom is 0.264 e. The van der Waals surface area contributed by atoms with Gasteiger partial charge in [0.1, 0.15) is 5.82 Å². The molecule has 1 amide bonds. The van der Waals surface area contributed by atoms with Gasteiger partial charge < -0.3 is 15.1 Å². The Labute approximate surface area is 119 Å². The Hall–Kier alpha value is -1.50. The molecular formula is C14H14FNO3S. The molecule has 4 nitrogen and oxygen atoms in total. The molecule has 0 unspecified atom stereocenters. The molecule has 2 aromatic rings. The molecule has 1 aromatic carbocycles. The fraction of sp³-hybridized carbons (Fsp3) is 0.357. The summed E-state index contributed by atoms with van der Waals surface area (Å²) in [5.74, 6) is -0.601. The zero-order chi connectivity index (χ0) is 14.4. The number of aliphatic hydroxyl groups excluding tert-OH is 2. The lowest BCUT2D eigenvalue weighted by molar-refractivity contribution is 0.0572. The molecule has 1 aliphatic heterocycles. The first-order chi connectivity index (χ1) is 9.49. The Morgan fingerprint density at radius 1 is 1.35 bits per heavy atom. The highest BCUT2D eigenvalue weighted by Gasteiger charge is 2.34. The Morgan fingerprint density at radius 2 is 2.00 bits per heavy atom. The minimum absolute atomic E-state index is 0.107. The second-order valence-electron chi connectivity index (χ2n) is 5.01. The predicted octanol–water partition coefficient (Wildman–Crippen LogP) is 1.53. The molecule has 20 heavy (non-hydrogen) atoms. The monoisotopic (exact) mass is 295 g/mol. The number of hydrogen-bond acceptors (Lipinski definition) is 4. The third kappa shape index (κ3) is 2.00. The largest absolute Gasteiger partial charge is 0.388 e. The lowest BCUT2D eigenvalue weighted by atomic mass is 10.1. The molecule has 1 fully saturated rings. The van der Waals surface area contributed by atoms with Crippen LogP contribution < -0.4 is 0 Å². The second kappa shape index (κ2) is 4.80. The van der Waals surface area contributed by atoms with Gasteiger partial charge >= 0.3 is 0 Å². The molecule has 0 bridgehead atoms. The zero-order valence-corrected chi connectivity index (χ0v) is 11.7. The topological polar surface area (TPSA) is 60.8 Å². The number of aryl methyl sites for hydroxylation is 1. The fourth-order valence-corrected chi connectivity index (χ4v) is 3.73. The first-order valence-corrected chi connectivity index (χ1v) is 7.13. The average Bonchev–Trinajstić information content (AvgIpc) is 2.91. The number of carbonyl (C=O) groups excluding carboxylic acids is 1. The molecule has 1 aliphatic rings. The van der Waals surface area contributed by atoms with E-state index in [0.717, 1.165) is 4.70 Å². The van der Waals surface area contributed by atoms with Gasteiger partial charge in [-0.1, -0.05) is 6.07 Å². The van der Waals surface area contributed by atoms with E-state index < -0.39 is 12.2 Å². The van der Waals surface area contributed by atoms with Crippen molar-refractivity contribution in [3.63, 3.8) is 0 Å². The number of fused-ring (bicyclic) bond motifs is 1. The first kappa shape index (κ1) is 13.5. The van der Waals surface area contributed by atoms with Gasteiger partial charge in [0.25, 0.3) is 5.91 Å². The van der Waals surface area contributed by atoms with Gasteiger partial charge in [-0.25, -0.2) is 4.39 Å². The molecule has 2 atom stereocenters. The van der Waals surface area contributed by atoms with Crippen molar-refractivity contribution in [2.45, 2.75) is 19.1 Å². The molecule has 0 aliphatic carbocycles. The van der Waals surface area contributed by atoms with Crippen LogP contribution in [0.3, 0.4) is 0 Å². The van der Waals surface area contributed by atoms with E-state index >= 15 is 0 Å². The van der Waals surface area contributed by atoms with Crippen molar-refractivity contribution in [3.8, 4) is 0 Å². The number of hydrogen-bond donors (Lipinski definition) is 2. The number of carbonyl (C=O) groups is 1. The fourth-order valence-electron chi connectivity index (χ4n) is 2.54. The Kier molecular flexibility index (Phi) is 3.24. The van der Waals surface area contributed by atoms with Crippen LogP contribution >= 0.6 is 11.3 Å². The number of likely N-dealkylation sites (tertiary alicyclic amines) is 1. The number of nitrogens with zero attached hydrogens (tertiary/aromatic N) is 1. The Bertz CT molecular complexity index is 674. The van der Waals surface area contributed by atoms with Crippen molar-refractivity contribution in [3.05, 3.63) is 34.5 Å². The number of rotatable bonds is 1. The van der Waals surface area contributed by atoms with E-state index in [4.69, 9.17) is 0 Å². The third-order valence-electron chi connectivity index (χ3n) is 3.64. The minimum Gasteiger partial charge on any atom is -0.388 e. The molecule has 6 heteroatoms. The summed E-state index contributed by atoms with van der Waals surface area (Å²) in [5, 5.41) is 19.5. The van der Waals surface area contributed by atoms with Crippen molar-refractivity contribution < 1.29 is 19.4 Å². The van der Waals surface area contributed by atoms with E-state index in [1.165, 1.54) is 22.3 Å². The van der Waals surface area contributed by atoms with Crippen molar-refractivity contribution in [1.29, 1.82) is 0 Å². The Morgan fingerprint density at radius 3 is 2.60 bits per heavy atom. The van der Waals surface area contributed by atoms with Crippen LogP contribution in [-0.2, 0) is 0 Å². The van der Waals surface area contributed by atoms with E-state index in [1.54, 1.807) is 19.1 Å². The normalized spacial score (nSPS) is 22.7. The summed E-state index contributed by atoms with van der Waals surface area (Å²) in [7, 11) is 0. The highest BCUT2D eigenvalue weighted by Crippen LogP contribution is 2.33. The number of benzene rings is 1. The molecule has 2 N–H and O–H groups in total. The van der Waals surface area contributed by atoms with Crippen LogP contribution in [0.5, 0.6) is 0 Å². The van der Waals surface area contributed by atoms with E-state index in [0.29, 0.717) is 15.8 Å². The van der Waals surface area contributed by atoms with Crippen LogP contribution in [0.15, 0.2) is 18.2 Å². The molecule has 0 spiro atoms. The molecular weight excluding hydrogens is 281 g/mol.